The van der Waals surface area contributed by atoms with Crippen molar-refractivity contribution in [3.63, 3.8) is 0 Å². The van der Waals surface area contributed by atoms with Gasteiger partial charge in [0.25, 0.3) is 0 Å². The molecule has 0 saturated heterocycles. The molecule has 3 rings (SSSR count). The first kappa shape index (κ1) is 13.1. The molecule has 8 heteroatoms. The van der Waals surface area contributed by atoms with Crippen LogP contribution in [0.15, 0.2) is 40.3 Å². The van der Waals surface area contributed by atoms with E-state index in [2.05, 4.69) is 20.3 Å². The Morgan fingerprint density at radius 1 is 1.40 bits per heavy atom. The van der Waals surface area contributed by atoms with Crippen LogP contribution in [0.2, 0.25) is 5.02 Å². The average Bonchev–Trinajstić information content (AvgIpc) is 3.05. The van der Waals surface area contributed by atoms with E-state index in [4.69, 9.17) is 16.1 Å². The summed E-state index contributed by atoms with van der Waals surface area (Å²) in [5.41, 5.74) is 0.911. The largest absolute Gasteiger partial charge is 0.340 e. The molecule has 0 N–H and O–H groups in total. The third kappa shape index (κ3) is 2.83. The maximum Gasteiger partial charge on any atom is 0.223 e. The molecule has 0 atom stereocenters. The summed E-state index contributed by atoms with van der Waals surface area (Å²) in [4.78, 5) is 4.15. The highest BCUT2D eigenvalue weighted by Gasteiger charge is 2.10. The number of aromatic nitrogens is 5. The standard InChI is InChI=1S/C12H10ClN5OS/c1-8-15-11(17-19-8)6-20-12-16-14-7-18(12)10-4-2-3-9(13)5-10/h2-5,7H,6H2,1H3. The molecule has 2 heterocycles. The first-order chi connectivity index (χ1) is 9.72. The van der Waals surface area contributed by atoms with Gasteiger partial charge in [0.05, 0.1) is 11.4 Å². The Bertz CT molecular complexity index is 726. The van der Waals surface area contributed by atoms with E-state index in [1.807, 2.05) is 28.8 Å². The quantitative estimate of drug-likeness (QED) is 0.690. The van der Waals surface area contributed by atoms with Gasteiger partial charge in [0.15, 0.2) is 11.0 Å². The van der Waals surface area contributed by atoms with Crippen molar-refractivity contribution in [1.82, 2.24) is 24.9 Å². The van der Waals surface area contributed by atoms with Gasteiger partial charge in [-0.05, 0) is 18.2 Å². The Morgan fingerprint density at radius 2 is 2.30 bits per heavy atom. The van der Waals surface area contributed by atoms with Crippen molar-refractivity contribution < 1.29 is 4.52 Å². The second kappa shape index (κ2) is 5.64. The lowest BCUT2D eigenvalue weighted by Gasteiger charge is -2.05. The fraction of sp³-hybridized carbons (Fsp3) is 0.167. The van der Waals surface area contributed by atoms with Gasteiger partial charge in [-0.3, -0.25) is 4.57 Å². The Kier molecular flexibility index (Phi) is 3.70. The highest BCUT2D eigenvalue weighted by atomic mass is 35.5. The van der Waals surface area contributed by atoms with Gasteiger partial charge >= 0.3 is 0 Å². The Hall–Kier alpha value is -1.86. The van der Waals surface area contributed by atoms with Crippen LogP contribution in [0.5, 0.6) is 0 Å². The predicted molar refractivity (Wildman–Crippen MR) is 75.0 cm³/mol. The normalized spacial score (nSPS) is 10.9. The number of thioether (sulfide) groups is 1. The molecule has 0 aliphatic rings. The Balaban J connectivity index is 1.80. The van der Waals surface area contributed by atoms with Gasteiger partial charge in [0.2, 0.25) is 5.89 Å². The van der Waals surface area contributed by atoms with Crippen molar-refractivity contribution in [1.29, 1.82) is 0 Å². The van der Waals surface area contributed by atoms with Crippen molar-refractivity contribution in [3.05, 3.63) is 47.3 Å². The van der Waals surface area contributed by atoms with E-state index in [9.17, 15) is 0 Å². The van der Waals surface area contributed by atoms with Gasteiger partial charge < -0.3 is 4.52 Å². The van der Waals surface area contributed by atoms with Gasteiger partial charge in [-0.1, -0.05) is 34.6 Å². The van der Waals surface area contributed by atoms with Crippen molar-refractivity contribution in [2.24, 2.45) is 0 Å². The summed E-state index contributed by atoms with van der Waals surface area (Å²) < 4.78 is 6.79. The monoisotopic (exact) mass is 307 g/mol. The molecule has 0 aliphatic heterocycles. The van der Waals surface area contributed by atoms with Crippen LogP contribution in [-0.2, 0) is 5.75 Å². The van der Waals surface area contributed by atoms with Gasteiger partial charge in [-0.2, -0.15) is 4.98 Å². The van der Waals surface area contributed by atoms with Gasteiger partial charge in [-0.15, -0.1) is 10.2 Å². The van der Waals surface area contributed by atoms with Crippen molar-refractivity contribution in [2.75, 3.05) is 0 Å². The maximum atomic E-state index is 6.00. The number of rotatable bonds is 4. The lowest BCUT2D eigenvalue weighted by atomic mass is 10.3. The molecule has 20 heavy (non-hydrogen) atoms. The minimum atomic E-state index is 0.553. The summed E-state index contributed by atoms with van der Waals surface area (Å²) in [6.45, 7) is 1.76. The van der Waals surface area contributed by atoms with Gasteiger partial charge in [-0.25, -0.2) is 0 Å². The fourth-order valence-electron chi connectivity index (χ4n) is 1.65. The van der Waals surface area contributed by atoms with Crippen LogP contribution in [0.1, 0.15) is 11.7 Å². The molecule has 1 aromatic carbocycles. The van der Waals surface area contributed by atoms with Crippen LogP contribution in [0.3, 0.4) is 0 Å². The second-order valence-electron chi connectivity index (χ2n) is 3.98. The minimum absolute atomic E-state index is 0.553. The zero-order chi connectivity index (χ0) is 13.9. The molecular weight excluding hydrogens is 298 g/mol. The van der Waals surface area contributed by atoms with E-state index in [-0.39, 0.29) is 0 Å². The first-order valence-corrected chi connectivity index (χ1v) is 7.17. The summed E-state index contributed by atoms with van der Waals surface area (Å²) in [5, 5.41) is 13.3. The Morgan fingerprint density at radius 3 is 3.05 bits per heavy atom. The van der Waals surface area contributed by atoms with Crippen LogP contribution in [0, 0.1) is 6.92 Å². The zero-order valence-electron chi connectivity index (χ0n) is 10.5. The predicted octanol–water partition coefficient (Wildman–Crippen LogP) is 2.90. The second-order valence-corrected chi connectivity index (χ2v) is 5.36. The van der Waals surface area contributed by atoms with E-state index in [0.29, 0.717) is 22.5 Å². The van der Waals surface area contributed by atoms with Crippen LogP contribution in [0.25, 0.3) is 5.69 Å². The topological polar surface area (TPSA) is 69.6 Å². The van der Waals surface area contributed by atoms with Crippen LogP contribution < -0.4 is 0 Å². The highest BCUT2D eigenvalue weighted by molar-refractivity contribution is 7.98. The number of halogens is 1. The molecule has 0 aliphatic carbocycles. The first-order valence-electron chi connectivity index (χ1n) is 5.80. The minimum Gasteiger partial charge on any atom is -0.340 e. The zero-order valence-corrected chi connectivity index (χ0v) is 12.1. The summed E-state index contributed by atoms with van der Waals surface area (Å²) in [7, 11) is 0. The van der Waals surface area contributed by atoms with Crippen molar-refractivity contribution >= 4 is 23.4 Å². The molecular formula is C12H10ClN5OS. The number of benzene rings is 1. The summed E-state index contributed by atoms with van der Waals surface area (Å²) in [6.07, 6.45) is 1.65. The molecule has 0 amide bonds. The smallest absolute Gasteiger partial charge is 0.223 e. The Labute approximate surface area is 124 Å². The number of hydrogen-bond donors (Lipinski definition) is 0. The van der Waals surface area contributed by atoms with E-state index < -0.39 is 0 Å². The molecule has 102 valence electrons. The molecule has 0 saturated carbocycles. The molecule has 0 radical (unpaired) electrons. The fourth-order valence-corrected chi connectivity index (χ4v) is 2.61. The highest BCUT2D eigenvalue weighted by Crippen LogP contribution is 2.23. The van der Waals surface area contributed by atoms with Crippen LogP contribution in [-0.4, -0.2) is 24.9 Å². The molecule has 2 aromatic heterocycles. The van der Waals surface area contributed by atoms with Crippen molar-refractivity contribution in [3.8, 4) is 5.69 Å². The molecule has 6 nitrogen and oxygen atoms in total. The van der Waals surface area contributed by atoms with Gasteiger partial charge in [0, 0.05) is 11.9 Å². The summed E-state index contributed by atoms with van der Waals surface area (Å²) in [6, 6.07) is 7.50. The molecule has 3 aromatic rings. The number of aryl methyl sites for hydroxylation is 1. The third-order valence-corrected chi connectivity index (χ3v) is 3.68. The van der Waals surface area contributed by atoms with Crippen LogP contribution in [0.4, 0.5) is 0 Å². The van der Waals surface area contributed by atoms with E-state index in [0.717, 1.165) is 10.8 Å². The number of nitrogens with zero attached hydrogens (tertiary/aromatic N) is 5. The van der Waals surface area contributed by atoms with E-state index in [1.165, 1.54) is 11.8 Å². The summed E-state index contributed by atoms with van der Waals surface area (Å²) in [5.74, 6) is 1.75. The molecule has 0 spiro atoms. The number of hydrogen-bond acceptors (Lipinski definition) is 6. The third-order valence-electron chi connectivity index (χ3n) is 2.50. The maximum absolute atomic E-state index is 6.00. The van der Waals surface area contributed by atoms with Gasteiger partial charge in [0.1, 0.15) is 6.33 Å². The summed E-state index contributed by atoms with van der Waals surface area (Å²) >= 11 is 7.48. The van der Waals surface area contributed by atoms with Crippen molar-refractivity contribution in [2.45, 2.75) is 17.8 Å². The SMILES string of the molecule is Cc1nc(CSc2nncn2-c2cccc(Cl)c2)no1. The van der Waals surface area contributed by atoms with E-state index >= 15 is 0 Å². The molecule has 0 bridgehead atoms. The van der Waals surface area contributed by atoms with Crippen LogP contribution >= 0.6 is 23.4 Å². The lowest BCUT2D eigenvalue weighted by Crippen LogP contribution is -1.95. The van der Waals surface area contributed by atoms with E-state index in [1.54, 1.807) is 13.3 Å². The average molecular weight is 308 g/mol. The lowest BCUT2D eigenvalue weighted by molar-refractivity contribution is 0.389. The molecule has 0 fully saturated rings. The molecule has 0 unspecified atom stereocenters.